The number of esters is 2. The molecule has 4 nitrogen and oxygen atoms in total. The second-order valence-electron chi connectivity index (χ2n) is 7.08. The van der Waals surface area contributed by atoms with Gasteiger partial charge in [0, 0.05) is 0 Å². The Labute approximate surface area is 154 Å². The molecular formula is C22H26O4. The fourth-order valence-electron chi connectivity index (χ4n) is 3.31. The molecule has 3 rings (SSSR count). The minimum absolute atomic E-state index is 0.339. The van der Waals surface area contributed by atoms with Gasteiger partial charge in [-0.05, 0) is 74.6 Å². The van der Waals surface area contributed by atoms with Crippen LogP contribution in [0.25, 0.3) is 0 Å². The van der Waals surface area contributed by atoms with Gasteiger partial charge in [0.15, 0.2) is 0 Å². The SMILES string of the molecule is O=C(OCC1CC=CCC1)c1ccc(C(=O)OCC2CC=CCC2)cc1. The zero-order valence-electron chi connectivity index (χ0n) is 15.1. The molecule has 0 bridgehead atoms. The van der Waals surface area contributed by atoms with E-state index in [-0.39, 0.29) is 11.9 Å². The third-order valence-corrected chi connectivity index (χ3v) is 5.01. The van der Waals surface area contributed by atoms with Crippen LogP contribution in [0.4, 0.5) is 0 Å². The third-order valence-electron chi connectivity index (χ3n) is 5.01. The van der Waals surface area contributed by atoms with Crippen LogP contribution in [0.1, 0.15) is 59.2 Å². The highest BCUT2D eigenvalue weighted by Crippen LogP contribution is 2.20. The predicted octanol–water partition coefficient (Wildman–Crippen LogP) is 4.71. The molecule has 0 heterocycles. The van der Waals surface area contributed by atoms with Crippen molar-refractivity contribution >= 4 is 11.9 Å². The first-order chi connectivity index (χ1) is 12.7. The van der Waals surface area contributed by atoms with Crippen LogP contribution in [0, 0.1) is 11.8 Å². The van der Waals surface area contributed by atoms with Gasteiger partial charge in [0.25, 0.3) is 0 Å². The first-order valence-corrected chi connectivity index (χ1v) is 9.46. The second kappa shape index (κ2) is 9.37. The summed E-state index contributed by atoms with van der Waals surface area (Å²) in [4.78, 5) is 24.3. The molecule has 2 unspecified atom stereocenters. The van der Waals surface area contributed by atoms with Crippen molar-refractivity contribution in [1.82, 2.24) is 0 Å². The van der Waals surface area contributed by atoms with Crippen LogP contribution in [0.2, 0.25) is 0 Å². The fourth-order valence-corrected chi connectivity index (χ4v) is 3.31. The summed E-state index contributed by atoms with van der Waals surface area (Å²) in [6, 6.07) is 6.51. The Morgan fingerprint density at radius 3 is 1.50 bits per heavy atom. The van der Waals surface area contributed by atoms with Gasteiger partial charge in [-0.25, -0.2) is 9.59 Å². The molecular weight excluding hydrogens is 328 g/mol. The van der Waals surface area contributed by atoms with Crippen molar-refractivity contribution in [3.05, 3.63) is 59.7 Å². The molecule has 0 spiro atoms. The van der Waals surface area contributed by atoms with Gasteiger partial charge in [0.1, 0.15) is 0 Å². The van der Waals surface area contributed by atoms with Crippen molar-refractivity contribution in [1.29, 1.82) is 0 Å². The molecule has 0 amide bonds. The molecule has 0 aromatic heterocycles. The lowest BCUT2D eigenvalue weighted by molar-refractivity contribution is 0.0418. The van der Waals surface area contributed by atoms with E-state index in [1.807, 2.05) is 0 Å². The Hall–Kier alpha value is -2.36. The van der Waals surface area contributed by atoms with Crippen LogP contribution < -0.4 is 0 Å². The lowest BCUT2D eigenvalue weighted by Crippen LogP contribution is -2.16. The summed E-state index contributed by atoms with van der Waals surface area (Å²) in [6.07, 6.45) is 14.8. The van der Waals surface area contributed by atoms with Gasteiger partial charge in [0.05, 0.1) is 24.3 Å². The maximum absolute atomic E-state index is 12.1. The third kappa shape index (κ3) is 5.32. The van der Waals surface area contributed by atoms with E-state index in [1.165, 1.54) is 0 Å². The van der Waals surface area contributed by atoms with E-state index < -0.39 is 0 Å². The largest absolute Gasteiger partial charge is 0.462 e. The predicted molar refractivity (Wildman–Crippen MR) is 100.0 cm³/mol. The normalized spacial score (nSPS) is 22.0. The smallest absolute Gasteiger partial charge is 0.338 e. The minimum atomic E-state index is -0.339. The number of carbonyl (C=O) groups excluding carboxylic acids is 2. The van der Waals surface area contributed by atoms with E-state index in [0.717, 1.165) is 38.5 Å². The van der Waals surface area contributed by atoms with E-state index in [1.54, 1.807) is 24.3 Å². The van der Waals surface area contributed by atoms with Crippen LogP contribution in [-0.2, 0) is 9.47 Å². The van der Waals surface area contributed by atoms with Gasteiger partial charge in [-0.15, -0.1) is 0 Å². The van der Waals surface area contributed by atoms with Gasteiger partial charge in [-0.2, -0.15) is 0 Å². The topological polar surface area (TPSA) is 52.6 Å². The Morgan fingerprint density at radius 2 is 1.15 bits per heavy atom. The van der Waals surface area contributed by atoms with Gasteiger partial charge in [-0.3, -0.25) is 0 Å². The molecule has 2 atom stereocenters. The molecule has 2 aliphatic rings. The minimum Gasteiger partial charge on any atom is -0.462 e. The van der Waals surface area contributed by atoms with E-state index in [2.05, 4.69) is 24.3 Å². The summed E-state index contributed by atoms with van der Waals surface area (Å²) in [5.74, 6) is 0.141. The lowest BCUT2D eigenvalue weighted by Gasteiger charge is -2.18. The van der Waals surface area contributed by atoms with Gasteiger partial charge < -0.3 is 9.47 Å². The molecule has 26 heavy (non-hydrogen) atoms. The lowest BCUT2D eigenvalue weighted by atomic mass is 9.95. The van der Waals surface area contributed by atoms with Crippen LogP contribution >= 0.6 is 0 Å². The van der Waals surface area contributed by atoms with Crippen molar-refractivity contribution in [3.63, 3.8) is 0 Å². The van der Waals surface area contributed by atoms with Crippen molar-refractivity contribution in [2.45, 2.75) is 38.5 Å². The number of rotatable bonds is 6. The number of ether oxygens (including phenoxy) is 2. The molecule has 1 aromatic carbocycles. The Morgan fingerprint density at radius 1 is 0.731 bits per heavy atom. The van der Waals surface area contributed by atoms with Crippen LogP contribution in [0.3, 0.4) is 0 Å². The number of benzene rings is 1. The van der Waals surface area contributed by atoms with Crippen LogP contribution in [0.5, 0.6) is 0 Å². The molecule has 138 valence electrons. The van der Waals surface area contributed by atoms with Crippen molar-refractivity contribution in [3.8, 4) is 0 Å². The first-order valence-electron chi connectivity index (χ1n) is 9.46. The molecule has 0 N–H and O–H groups in total. The Bertz CT molecular complexity index is 613. The van der Waals surface area contributed by atoms with E-state index in [9.17, 15) is 9.59 Å². The van der Waals surface area contributed by atoms with Crippen LogP contribution in [-0.4, -0.2) is 25.2 Å². The number of allylic oxidation sites excluding steroid dienone is 4. The van der Waals surface area contributed by atoms with Crippen molar-refractivity contribution in [2.24, 2.45) is 11.8 Å². The molecule has 2 aliphatic carbocycles. The highest BCUT2D eigenvalue weighted by atomic mass is 16.5. The highest BCUT2D eigenvalue weighted by Gasteiger charge is 2.16. The molecule has 4 heteroatoms. The first kappa shape index (κ1) is 18.4. The summed E-state index contributed by atoms with van der Waals surface area (Å²) in [5, 5.41) is 0. The van der Waals surface area contributed by atoms with Gasteiger partial charge in [-0.1, -0.05) is 24.3 Å². The second-order valence-corrected chi connectivity index (χ2v) is 7.08. The summed E-state index contributed by atoms with van der Waals surface area (Å²) >= 11 is 0. The monoisotopic (exact) mass is 354 g/mol. The van der Waals surface area contributed by atoms with E-state index >= 15 is 0 Å². The van der Waals surface area contributed by atoms with Crippen LogP contribution in [0.15, 0.2) is 48.6 Å². The molecule has 0 saturated carbocycles. The molecule has 0 aliphatic heterocycles. The summed E-state index contributed by atoms with van der Waals surface area (Å²) in [5.41, 5.74) is 0.927. The summed E-state index contributed by atoms with van der Waals surface area (Å²) in [6.45, 7) is 0.894. The maximum Gasteiger partial charge on any atom is 0.338 e. The Kier molecular flexibility index (Phi) is 6.64. The number of carbonyl (C=O) groups is 2. The summed E-state index contributed by atoms with van der Waals surface area (Å²) < 4.78 is 10.8. The van der Waals surface area contributed by atoms with Gasteiger partial charge in [0.2, 0.25) is 0 Å². The molecule has 1 aromatic rings. The summed E-state index contributed by atoms with van der Waals surface area (Å²) in [7, 11) is 0. The average Bonchev–Trinajstić information content (AvgIpc) is 2.72. The quantitative estimate of drug-likeness (QED) is 0.548. The maximum atomic E-state index is 12.1. The zero-order chi connectivity index (χ0) is 18.2. The molecule has 0 saturated heterocycles. The fraction of sp³-hybridized carbons (Fsp3) is 0.455. The average molecular weight is 354 g/mol. The van der Waals surface area contributed by atoms with Crippen molar-refractivity contribution in [2.75, 3.05) is 13.2 Å². The van der Waals surface area contributed by atoms with E-state index in [0.29, 0.717) is 36.2 Å². The number of hydrogen-bond donors (Lipinski definition) is 0. The standard InChI is InChI=1S/C22H26O4/c23-21(25-15-17-7-3-1-4-8-17)19-11-13-20(14-12-19)22(24)26-16-18-9-5-2-6-10-18/h1-3,5,11-14,17-18H,4,6-10,15-16H2. The zero-order valence-corrected chi connectivity index (χ0v) is 15.1. The van der Waals surface area contributed by atoms with Crippen molar-refractivity contribution < 1.29 is 19.1 Å². The Balaban J connectivity index is 1.45. The molecule has 0 radical (unpaired) electrons. The van der Waals surface area contributed by atoms with Gasteiger partial charge >= 0.3 is 11.9 Å². The molecule has 0 fully saturated rings. The number of hydrogen-bond acceptors (Lipinski definition) is 4. The highest BCUT2D eigenvalue weighted by molar-refractivity contribution is 5.93. The van der Waals surface area contributed by atoms with E-state index in [4.69, 9.17) is 9.47 Å².